The van der Waals surface area contributed by atoms with Gasteiger partial charge in [-0.2, -0.15) is 0 Å². The van der Waals surface area contributed by atoms with E-state index in [1.54, 1.807) is 35.5 Å². The molecule has 2 heterocycles. The number of aliphatic hydroxyl groups is 1. The second-order valence-electron chi connectivity index (χ2n) is 4.45. The summed E-state index contributed by atoms with van der Waals surface area (Å²) in [7, 11) is 0. The minimum atomic E-state index is -0.394. The fourth-order valence-electron chi connectivity index (χ4n) is 2.21. The van der Waals surface area contributed by atoms with Crippen LogP contribution < -0.4 is 0 Å². The summed E-state index contributed by atoms with van der Waals surface area (Å²) in [5.41, 5.74) is 2.08. The molecule has 0 spiro atoms. The Labute approximate surface area is 104 Å². The predicted molar refractivity (Wildman–Crippen MR) is 66.1 cm³/mol. The summed E-state index contributed by atoms with van der Waals surface area (Å²) in [4.78, 5) is 22.2. The molecule has 1 aliphatic rings. The largest absolute Gasteiger partial charge is 0.391 e. The SMILES string of the molecule is O=C(c1ccc2nccnc2c1)N1CC[C@H](O)C1. The van der Waals surface area contributed by atoms with E-state index in [0.29, 0.717) is 30.6 Å². The fraction of sp³-hybridized carbons (Fsp3) is 0.308. The number of hydrogen-bond donors (Lipinski definition) is 1. The predicted octanol–water partition coefficient (Wildman–Crippen LogP) is 0.837. The average molecular weight is 243 g/mol. The van der Waals surface area contributed by atoms with Crippen molar-refractivity contribution < 1.29 is 9.90 Å². The molecule has 1 amide bonds. The van der Waals surface area contributed by atoms with Gasteiger partial charge in [-0.15, -0.1) is 0 Å². The standard InChI is InChI=1S/C13H13N3O2/c17-10-3-6-16(8-10)13(18)9-1-2-11-12(7-9)15-5-4-14-11/h1-2,4-5,7,10,17H,3,6,8H2/t10-/m0/s1. The number of carbonyl (C=O) groups excluding carboxylic acids is 1. The van der Waals surface area contributed by atoms with Crippen LogP contribution in [0.1, 0.15) is 16.8 Å². The third-order valence-corrected chi connectivity index (χ3v) is 3.17. The van der Waals surface area contributed by atoms with Crippen LogP contribution >= 0.6 is 0 Å². The first kappa shape index (κ1) is 11.1. The highest BCUT2D eigenvalue weighted by Gasteiger charge is 2.25. The van der Waals surface area contributed by atoms with Crippen molar-refractivity contribution in [3.05, 3.63) is 36.2 Å². The number of benzene rings is 1. The molecule has 92 valence electrons. The highest BCUT2D eigenvalue weighted by molar-refractivity contribution is 5.97. The van der Waals surface area contributed by atoms with Gasteiger partial charge in [0, 0.05) is 31.0 Å². The van der Waals surface area contributed by atoms with Crippen LogP contribution in [0.5, 0.6) is 0 Å². The van der Waals surface area contributed by atoms with Crippen molar-refractivity contribution in [2.75, 3.05) is 13.1 Å². The van der Waals surface area contributed by atoms with E-state index >= 15 is 0 Å². The molecule has 1 atom stereocenters. The minimum Gasteiger partial charge on any atom is -0.391 e. The van der Waals surface area contributed by atoms with Gasteiger partial charge in [0.25, 0.3) is 5.91 Å². The molecule has 1 aromatic carbocycles. The van der Waals surface area contributed by atoms with Crippen molar-refractivity contribution in [3.63, 3.8) is 0 Å². The number of likely N-dealkylation sites (tertiary alicyclic amines) is 1. The van der Waals surface area contributed by atoms with Gasteiger partial charge in [0.05, 0.1) is 17.1 Å². The smallest absolute Gasteiger partial charge is 0.254 e. The van der Waals surface area contributed by atoms with E-state index in [1.165, 1.54) is 0 Å². The highest BCUT2D eigenvalue weighted by atomic mass is 16.3. The molecule has 1 aliphatic heterocycles. The van der Waals surface area contributed by atoms with E-state index in [1.807, 2.05) is 0 Å². The zero-order valence-corrected chi connectivity index (χ0v) is 9.78. The van der Waals surface area contributed by atoms with Gasteiger partial charge in [0.15, 0.2) is 0 Å². The molecule has 5 nitrogen and oxygen atoms in total. The van der Waals surface area contributed by atoms with Crippen molar-refractivity contribution in [2.24, 2.45) is 0 Å². The van der Waals surface area contributed by atoms with E-state index in [2.05, 4.69) is 9.97 Å². The Morgan fingerprint density at radius 3 is 2.78 bits per heavy atom. The van der Waals surface area contributed by atoms with E-state index in [0.717, 1.165) is 5.52 Å². The van der Waals surface area contributed by atoms with Gasteiger partial charge < -0.3 is 10.0 Å². The summed E-state index contributed by atoms with van der Waals surface area (Å²) in [6, 6.07) is 5.29. The van der Waals surface area contributed by atoms with E-state index in [-0.39, 0.29) is 5.91 Å². The van der Waals surface area contributed by atoms with Gasteiger partial charge in [-0.3, -0.25) is 14.8 Å². The molecular weight excluding hydrogens is 230 g/mol. The van der Waals surface area contributed by atoms with Gasteiger partial charge in [0.2, 0.25) is 0 Å². The van der Waals surface area contributed by atoms with E-state index in [4.69, 9.17) is 0 Å². The first-order valence-corrected chi connectivity index (χ1v) is 5.92. The van der Waals surface area contributed by atoms with Crippen LogP contribution in [-0.2, 0) is 0 Å². The van der Waals surface area contributed by atoms with Crippen molar-refractivity contribution in [3.8, 4) is 0 Å². The van der Waals surface area contributed by atoms with E-state index in [9.17, 15) is 9.90 Å². The Hall–Kier alpha value is -2.01. The molecule has 18 heavy (non-hydrogen) atoms. The molecule has 0 radical (unpaired) electrons. The Morgan fingerprint density at radius 2 is 2.06 bits per heavy atom. The zero-order valence-electron chi connectivity index (χ0n) is 9.78. The minimum absolute atomic E-state index is 0.0564. The summed E-state index contributed by atoms with van der Waals surface area (Å²) in [5, 5.41) is 9.45. The molecular formula is C13H13N3O2. The maximum atomic E-state index is 12.2. The Kier molecular flexibility index (Phi) is 2.68. The number of carbonyl (C=O) groups is 1. The van der Waals surface area contributed by atoms with Crippen LogP contribution in [-0.4, -0.2) is 45.1 Å². The number of amides is 1. The molecule has 2 aromatic rings. The summed E-state index contributed by atoms with van der Waals surface area (Å²) in [5.74, 6) is -0.0564. The lowest BCUT2D eigenvalue weighted by atomic mass is 10.1. The second kappa shape index (κ2) is 4.34. The molecule has 5 heteroatoms. The van der Waals surface area contributed by atoms with Gasteiger partial charge >= 0.3 is 0 Å². The second-order valence-corrected chi connectivity index (χ2v) is 4.45. The van der Waals surface area contributed by atoms with Crippen LogP contribution in [0.3, 0.4) is 0 Å². The molecule has 3 rings (SSSR count). The van der Waals surface area contributed by atoms with Crippen molar-refractivity contribution >= 4 is 16.9 Å². The van der Waals surface area contributed by atoms with Crippen LogP contribution in [0, 0.1) is 0 Å². The fourth-order valence-corrected chi connectivity index (χ4v) is 2.21. The number of β-amino-alcohol motifs (C(OH)–C–C–N with tert-alkyl or cyclic N) is 1. The first-order valence-electron chi connectivity index (χ1n) is 5.92. The van der Waals surface area contributed by atoms with Crippen molar-refractivity contribution in [1.29, 1.82) is 0 Å². The molecule has 0 unspecified atom stereocenters. The van der Waals surface area contributed by atoms with Gasteiger partial charge in [-0.1, -0.05) is 0 Å². The quantitative estimate of drug-likeness (QED) is 0.806. The van der Waals surface area contributed by atoms with Crippen molar-refractivity contribution in [2.45, 2.75) is 12.5 Å². The lowest BCUT2D eigenvalue weighted by Crippen LogP contribution is -2.29. The Balaban J connectivity index is 1.92. The lowest BCUT2D eigenvalue weighted by Gasteiger charge is -2.15. The monoisotopic (exact) mass is 243 g/mol. The number of nitrogens with zero attached hydrogens (tertiary/aromatic N) is 3. The molecule has 0 bridgehead atoms. The zero-order chi connectivity index (χ0) is 12.5. The number of aliphatic hydroxyl groups excluding tert-OH is 1. The normalized spacial score (nSPS) is 19.4. The number of hydrogen-bond acceptors (Lipinski definition) is 4. The number of fused-ring (bicyclic) bond motifs is 1. The van der Waals surface area contributed by atoms with Gasteiger partial charge in [0.1, 0.15) is 0 Å². The molecule has 1 fully saturated rings. The number of rotatable bonds is 1. The number of aromatic nitrogens is 2. The van der Waals surface area contributed by atoms with Crippen LogP contribution in [0.2, 0.25) is 0 Å². The third-order valence-electron chi connectivity index (χ3n) is 3.17. The van der Waals surface area contributed by atoms with Crippen molar-refractivity contribution in [1.82, 2.24) is 14.9 Å². The summed E-state index contributed by atoms with van der Waals surface area (Å²) >= 11 is 0. The molecule has 1 N–H and O–H groups in total. The maximum Gasteiger partial charge on any atom is 0.254 e. The topological polar surface area (TPSA) is 66.3 Å². The maximum absolute atomic E-state index is 12.2. The average Bonchev–Trinajstić information content (AvgIpc) is 2.84. The van der Waals surface area contributed by atoms with Crippen LogP contribution in [0.25, 0.3) is 11.0 Å². The van der Waals surface area contributed by atoms with Gasteiger partial charge in [-0.25, -0.2) is 0 Å². The van der Waals surface area contributed by atoms with E-state index < -0.39 is 6.10 Å². The Bertz CT molecular complexity index is 600. The summed E-state index contributed by atoms with van der Waals surface area (Å²) in [6.07, 6.45) is 3.49. The molecule has 0 aliphatic carbocycles. The summed E-state index contributed by atoms with van der Waals surface area (Å²) < 4.78 is 0. The van der Waals surface area contributed by atoms with Crippen LogP contribution in [0.4, 0.5) is 0 Å². The van der Waals surface area contributed by atoms with Gasteiger partial charge in [-0.05, 0) is 24.6 Å². The first-order chi connectivity index (χ1) is 8.74. The van der Waals surface area contributed by atoms with Crippen LogP contribution in [0.15, 0.2) is 30.6 Å². The molecule has 1 saturated heterocycles. The third kappa shape index (κ3) is 1.93. The molecule has 0 saturated carbocycles. The summed E-state index contributed by atoms with van der Waals surface area (Å²) in [6.45, 7) is 1.02. The molecule has 1 aromatic heterocycles. The Morgan fingerprint density at radius 1 is 1.28 bits per heavy atom. The highest BCUT2D eigenvalue weighted by Crippen LogP contribution is 2.16. The lowest BCUT2D eigenvalue weighted by molar-refractivity contribution is 0.0765.